The summed E-state index contributed by atoms with van der Waals surface area (Å²) in [4.78, 5) is 18.1. The zero-order valence-corrected chi connectivity index (χ0v) is 14.8. The average molecular weight is 372 g/mol. The van der Waals surface area contributed by atoms with Crippen LogP contribution in [0, 0.1) is 5.82 Å². The normalized spacial score (nSPS) is 20.8. The van der Waals surface area contributed by atoms with Gasteiger partial charge in [0.05, 0.1) is 25.9 Å². The molecule has 1 unspecified atom stereocenters. The molecule has 1 aromatic carbocycles. The summed E-state index contributed by atoms with van der Waals surface area (Å²) in [6, 6.07) is 9.34. The van der Waals surface area contributed by atoms with Gasteiger partial charge in [-0.15, -0.1) is 0 Å². The molecule has 1 spiro atoms. The fourth-order valence-electron chi connectivity index (χ4n) is 3.51. The van der Waals surface area contributed by atoms with Crippen LogP contribution in [-0.4, -0.2) is 53.8 Å². The number of pyridine rings is 1. The van der Waals surface area contributed by atoms with Gasteiger partial charge in [-0.3, -0.25) is 9.78 Å². The highest BCUT2D eigenvalue weighted by atomic mass is 19.1. The van der Waals surface area contributed by atoms with E-state index in [0.717, 1.165) is 18.6 Å². The minimum absolute atomic E-state index is 0.0515. The summed E-state index contributed by atoms with van der Waals surface area (Å²) in [7, 11) is 0. The molecule has 2 aliphatic rings. The molecule has 0 aliphatic carbocycles. The molecule has 0 bridgehead atoms. The first-order valence-corrected chi connectivity index (χ1v) is 8.99. The number of nitrogens with zero attached hydrogens (tertiary/aromatic N) is 2. The lowest BCUT2D eigenvalue weighted by Gasteiger charge is -2.52. The topological polar surface area (TPSA) is 60.9 Å². The van der Waals surface area contributed by atoms with E-state index in [1.807, 2.05) is 12.1 Å². The van der Waals surface area contributed by atoms with Crippen molar-refractivity contribution in [3.8, 4) is 11.5 Å². The fourth-order valence-corrected chi connectivity index (χ4v) is 3.51. The predicted molar refractivity (Wildman–Crippen MR) is 95.0 cm³/mol. The number of rotatable bonds is 5. The van der Waals surface area contributed by atoms with Crippen molar-refractivity contribution in [2.24, 2.45) is 0 Å². The van der Waals surface area contributed by atoms with E-state index in [9.17, 15) is 9.18 Å². The largest absolute Gasteiger partial charge is 0.489 e. The van der Waals surface area contributed by atoms with Gasteiger partial charge in [0, 0.05) is 19.0 Å². The third-order valence-corrected chi connectivity index (χ3v) is 4.87. The van der Waals surface area contributed by atoms with Gasteiger partial charge < -0.3 is 19.1 Å². The number of amides is 1. The summed E-state index contributed by atoms with van der Waals surface area (Å²) in [5.41, 5.74) is -0.337. The molecular formula is C20H21FN2O4. The Morgan fingerprint density at radius 2 is 2.07 bits per heavy atom. The van der Waals surface area contributed by atoms with Gasteiger partial charge in [-0.25, -0.2) is 4.39 Å². The molecule has 0 radical (unpaired) electrons. The number of benzene rings is 1. The Balaban J connectivity index is 1.26. The summed E-state index contributed by atoms with van der Waals surface area (Å²) in [5, 5.41) is 0. The number of ether oxygens (including phenoxy) is 3. The SMILES string of the molecule is O=C(COc1ccc(F)cc1)N1CC2(CC(Oc3cccnc3)CCO2)C1. The molecular weight excluding hydrogens is 351 g/mol. The van der Waals surface area contributed by atoms with E-state index >= 15 is 0 Å². The summed E-state index contributed by atoms with van der Waals surface area (Å²) in [5.74, 6) is 0.776. The maximum absolute atomic E-state index is 12.9. The Morgan fingerprint density at radius 1 is 1.26 bits per heavy atom. The molecule has 142 valence electrons. The fraction of sp³-hybridized carbons (Fsp3) is 0.400. The molecule has 2 aromatic rings. The van der Waals surface area contributed by atoms with Crippen LogP contribution in [0.1, 0.15) is 12.8 Å². The number of carbonyl (C=O) groups is 1. The molecule has 0 N–H and O–H groups in total. The van der Waals surface area contributed by atoms with Gasteiger partial charge in [-0.2, -0.15) is 0 Å². The van der Waals surface area contributed by atoms with Crippen LogP contribution < -0.4 is 9.47 Å². The molecule has 0 saturated carbocycles. The number of halogens is 1. The number of aromatic nitrogens is 1. The van der Waals surface area contributed by atoms with Crippen molar-refractivity contribution in [3.05, 3.63) is 54.6 Å². The maximum Gasteiger partial charge on any atom is 0.260 e. The van der Waals surface area contributed by atoms with Crippen molar-refractivity contribution >= 4 is 5.91 Å². The van der Waals surface area contributed by atoms with Crippen LogP contribution >= 0.6 is 0 Å². The van der Waals surface area contributed by atoms with Crippen LogP contribution in [0.5, 0.6) is 11.5 Å². The van der Waals surface area contributed by atoms with Gasteiger partial charge >= 0.3 is 0 Å². The quantitative estimate of drug-likeness (QED) is 0.807. The first-order valence-electron chi connectivity index (χ1n) is 8.99. The molecule has 1 amide bonds. The number of hydrogen-bond donors (Lipinski definition) is 0. The first-order chi connectivity index (χ1) is 13.1. The van der Waals surface area contributed by atoms with Gasteiger partial charge in [0.15, 0.2) is 6.61 Å². The van der Waals surface area contributed by atoms with Crippen molar-refractivity contribution in [1.29, 1.82) is 0 Å². The highest BCUT2D eigenvalue weighted by molar-refractivity contribution is 5.79. The van der Waals surface area contributed by atoms with E-state index in [1.165, 1.54) is 24.3 Å². The van der Waals surface area contributed by atoms with E-state index in [0.29, 0.717) is 25.4 Å². The number of hydrogen-bond acceptors (Lipinski definition) is 5. The highest BCUT2D eigenvalue weighted by Crippen LogP contribution is 2.35. The molecule has 1 atom stereocenters. The first kappa shape index (κ1) is 17.7. The van der Waals surface area contributed by atoms with E-state index in [-0.39, 0.29) is 30.0 Å². The van der Waals surface area contributed by atoms with Crippen molar-refractivity contribution < 1.29 is 23.4 Å². The van der Waals surface area contributed by atoms with Gasteiger partial charge in [-0.05, 0) is 36.4 Å². The molecule has 6 nitrogen and oxygen atoms in total. The number of likely N-dealkylation sites (tertiary alicyclic amines) is 1. The van der Waals surface area contributed by atoms with Gasteiger partial charge in [0.1, 0.15) is 29.0 Å². The van der Waals surface area contributed by atoms with E-state index in [4.69, 9.17) is 14.2 Å². The molecule has 1 aromatic heterocycles. The van der Waals surface area contributed by atoms with E-state index < -0.39 is 0 Å². The minimum atomic E-state index is -0.337. The molecule has 3 heterocycles. The smallest absolute Gasteiger partial charge is 0.260 e. The van der Waals surface area contributed by atoms with Crippen LogP contribution in [0.2, 0.25) is 0 Å². The summed E-state index contributed by atoms with van der Waals surface area (Å²) >= 11 is 0. The Bertz CT molecular complexity index is 778. The Labute approximate surface area is 156 Å². The zero-order chi connectivity index (χ0) is 18.7. The molecule has 27 heavy (non-hydrogen) atoms. The van der Waals surface area contributed by atoms with Crippen molar-refractivity contribution in [2.75, 3.05) is 26.3 Å². The van der Waals surface area contributed by atoms with Gasteiger partial charge in [0.25, 0.3) is 5.91 Å². The summed E-state index contributed by atoms with van der Waals surface area (Å²) < 4.78 is 30.3. The predicted octanol–water partition coefficient (Wildman–Crippen LogP) is 2.44. The van der Waals surface area contributed by atoms with Crippen LogP contribution in [0.15, 0.2) is 48.8 Å². The lowest BCUT2D eigenvalue weighted by molar-refractivity contribution is -0.194. The third kappa shape index (κ3) is 4.19. The van der Waals surface area contributed by atoms with Gasteiger partial charge in [0.2, 0.25) is 0 Å². The Hall–Kier alpha value is -2.67. The molecule has 2 aliphatic heterocycles. The van der Waals surface area contributed by atoms with Crippen LogP contribution in [0.25, 0.3) is 0 Å². The average Bonchev–Trinajstić information content (AvgIpc) is 2.66. The van der Waals surface area contributed by atoms with Gasteiger partial charge in [-0.1, -0.05) is 0 Å². The molecule has 2 fully saturated rings. The third-order valence-electron chi connectivity index (χ3n) is 4.87. The second kappa shape index (κ2) is 7.52. The molecule has 4 rings (SSSR count). The lowest BCUT2D eigenvalue weighted by atomic mass is 9.84. The van der Waals surface area contributed by atoms with E-state index in [2.05, 4.69) is 4.98 Å². The van der Waals surface area contributed by atoms with Crippen molar-refractivity contribution in [2.45, 2.75) is 24.5 Å². The minimum Gasteiger partial charge on any atom is -0.489 e. The lowest BCUT2D eigenvalue weighted by Crippen LogP contribution is -2.68. The van der Waals surface area contributed by atoms with Crippen molar-refractivity contribution in [3.63, 3.8) is 0 Å². The standard InChI is InChI=1S/C20H21FN2O4/c21-15-3-5-16(6-4-15)25-12-19(24)23-13-20(14-23)10-17(7-9-26-20)27-18-2-1-8-22-11-18/h1-6,8,11,17H,7,9-10,12-14H2. The Kier molecular flexibility index (Phi) is 4.94. The van der Waals surface area contributed by atoms with Crippen LogP contribution in [0.3, 0.4) is 0 Å². The monoisotopic (exact) mass is 372 g/mol. The highest BCUT2D eigenvalue weighted by Gasteiger charge is 2.49. The summed E-state index contributed by atoms with van der Waals surface area (Å²) in [6.45, 7) is 1.60. The Morgan fingerprint density at radius 3 is 2.81 bits per heavy atom. The molecule has 2 saturated heterocycles. The summed E-state index contributed by atoms with van der Waals surface area (Å²) in [6.07, 6.45) is 5.02. The van der Waals surface area contributed by atoms with Crippen LogP contribution in [-0.2, 0) is 9.53 Å². The van der Waals surface area contributed by atoms with E-state index in [1.54, 1.807) is 17.3 Å². The maximum atomic E-state index is 12.9. The second-order valence-electron chi connectivity index (χ2n) is 6.95. The van der Waals surface area contributed by atoms with Crippen molar-refractivity contribution in [1.82, 2.24) is 9.88 Å². The number of carbonyl (C=O) groups excluding carboxylic acids is 1. The zero-order valence-electron chi connectivity index (χ0n) is 14.8. The second-order valence-corrected chi connectivity index (χ2v) is 6.95. The molecule has 7 heteroatoms. The van der Waals surface area contributed by atoms with Crippen LogP contribution in [0.4, 0.5) is 4.39 Å².